The quantitative estimate of drug-likeness (QED) is 0.353. The molecule has 0 saturated carbocycles. The molecule has 0 aromatic heterocycles. The highest BCUT2D eigenvalue weighted by Gasteiger charge is 2.18. The molecule has 0 unspecified atom stereocenters. The first-order valence-corrected chi connectivity index (χ1v) is 10.4. The molecule has 31 heavy (non-hydrogen) atoms. The molecule has 3 aromatic rings. The molecule has 0 radical (unpaired) electrons. The molecule has 0 aliphatic heterocycles. The Morgan fingerprint density at radius 3 is 2.00 bits per heavy atom. The third kappa shape index (κ3) is 6.17. The molecule has 0 aliphatic carbocycles. The summed E-state index contributed by atoms with van der Waals surface area (Å²) in [6.07, 6.45) is 0.0338. The Hall–Kier alpha value is -3.15. The smallest absolute Gasteiger partial charge is 0.240 e. The van der Waals surface area contributed by atoms with E-state index in [1.807, 2.05) is 60.7 Å². The minimum Gasteiger partial charge on any atom is -0.281 e. The van der Waals surface area contributed by atoms with E-state index < -0.39 is 0 Å². The van der Waals surface area contributed by atoms with E-state index in [1.54, 1.807) is 30.0 Å². The molecule has 1 N–H and O–H groups in total. The number of benzene rings is 3. The van der Waals surface area contributed by atoms with E-state index in [4.69, 9.17) is 23.2 Å². The van der Waals surface area contributed by atoms with Crippen molar-refractivity contribution in [3.63, 3.8) is 0 Å². The van der Waals surface area contributed by atoms with Gasteiger partial charge in [0.05, 0.1) is 10.7 Å². The molecule has 158 valence electrons. The van der Waals surface area contributed by atoms with Gasteiger partial charge in [0.25, 0.3) is 0 Å². The van der Waals surface area contributed by atoms with Crippen LogP contribution in [0.1, 0.15) is 25.3 Å². The molecule has 0 atom stereocenters. The molecular formula is C24H21Cl2N3O2. The van der Waals surface area contributed by atoms with Gasteiger partial charge < -0.3 is 0 Å². The number of hydrogen-bond donors (Lipinski definition) is 1. The van der Waals surface area contributed by atoms with Gasteiger partial charge in [0, 0.05) is 34.8 Å². The first-order chi connectivity index (χ1) is 15.0. The van der Waals surface area contributed by atoms with E-state index in [2.05, 4.69) is 10.5 Å². The number of halogens is 2. The predicted molar refractivity (Wildman–Crippen MR) is 126 cm³/mol. The second kappa shape index (κ2) is 10.8. The molecule has 0 spiro atoms. The number of rotatable bonds is 7. The van der Waals surface area contributed by atoms with E-state index in [1.165, 1.54) is 0 Å². The predicted octanol–water partition coefficient (Wildman–Crippen LogP) is 5.98. The van der Waals surface area contributed by atoms with Crippen LogP contribution < -0.4 is 10.3 Å². The third-order valence-electron chi connectivity index (χ3n) is 4.51. The molecule has 0 aliphatic rings. The minimum atomic E-state index is -0.362. The first-order valence-electron chi connectivity index (χ1n) is 9.67. The topological polar surface area (TPSA) is 61.8 Å². The van der Waals surface area contributed by atoms with E-state index >= 15 is 0 Å². The van der Waals surface area contributed by atoms with Crippen molar-refractivity contribution in [3.8, 4) is 0 Å². The lowest BCUT2D eigenvalue weighted by atomic mass is 10.1. The van der Waals surface area contributed by atoms with Crippen molar-refractivity contribution >= 4 is 52.1 Å². The van der Waals surface area contributed by atoms with Gasteiger partial charge in [-0.05, 0) is 43.3 Å². The van der Waals surface area contributed by atoms with Gasteiger partial charge in [-0.2, -0.15) is 5.10 Å². The summed E-state index contributed by atoms with van der Waals surface area (Å²) in [7, 11) is 0. The van der Waals surface area contributed by atoms with Crippen LogP contribution in [0.5, 0.6) is 0 Å². The van der Waals surface area contributed by atoms with E-state index in [0.29, 0.717) is 21.3 Å². The lowest BCUT2D eigenvalue weighted by Crippen LogP contribution is -2.28. The van der Waals surface area contributed by atoms with Crippen molar-refractivity contribution in [3.05, 3.63) is 94.5 Å². The van der Waals surface area contributed by atoms with Gasteiger partial charge in [-0.3, -0.25) is 14.5 Å². The lowest BCUT2D eigenvalue weighted by molar-refractivity contribution is -0.124. The van der Waals surface area contributed by atoms with Crippen LogP contribution in [0.4, 0.5) is 11.4 Å². The largest absolute Gasteiger partial charge is 0.281 e. The van der Waals surface area contributed by atoms with Crippen LogP contribution in [-0.2, 0) is 9.59 Å². The summed E-state index contributed by atoms with van der Waals surface area (Å²) in [5.41, 5.74) is 5.17. The van der Waals surface area contributed by atoms with Gasteiger partial charge in [-0.1, -0.05) is 65.7 Å². The van der Waals surface area contributed by atoms with Crippen molar-refractivity contribution in [1.29, 1.82) is 0 Å². The fourth-order valence-corrected chi connectivity index (χ4v) is 3.51. The van der Waals surface area contributed by atoms with Crippen LogP contribution >= 0.6 is 23.2 Å². The standard InChI is InChI=1S/C24H21Cl2N3O2/c1-17(21-13-12-18(25)16-22(21)26)27-28-23(30)14-15-24(31)29(19-8-4-2-5-9-19)20-10-6-3-7-11-20/h2-13,16H,14-15H2,1H3,(H,28,30)/b27-17-. The van der Waals surface area contributed by atoms with Crippen LogP contribution in [0.25, 0.3) is 0 Å². The summed E-state index contributed by atoms with van der Waals surface area (Å²) in [5, 5.41) is 5.05. The second-order valence-corrected chi connectivity index (χ2v) is 7.60. The van der Waals surface area contributed by atoms with Crippen LogP contribution in [0.3, 0.4) is 0 Å². The second-order valence-electron chi connectivity index (χ2n) is 6.76. The zero-order chi connectivity index (χ0) is 22.2. The zero-order valence-corrected chi connectivity index (χ0v) is 18.4. The Kier molecular flexibility index (Phi) is 7.82. The first kappa shape index (κ1) is 22.5. The summed E-state index contributed by atoms with van der Waals surface area (Å²) in [5.74, 6) is -0.548. The molecule has 0 bridgehead atoms. The molecule has 3 aromatic carbocycles. The summed E-state index contributed by atoms with van der Waals surface area (Å²) in [6, 6.07) is 23.7. The summed E-state index contributed by atoms with van der Waals surface area (Å²) >= 11 is 12.1. The van der Waals surface area contributed by atoms with Gasteiger partial charge in [0.2, 0.25) is 11.8 Å². The van der Waals surface area contributed by atoms with E-state index in [-0.39, 0.29) is 24.7 Å². The Labute approximate surface area is 191 Å². The van der Waals surface area contributed by atoms with Crippen molar-refractivity contribution < 1.29 is 9.59 Å². The number of amides is 2. The highest BCUT2D eigenvalue weighted by Crippen LogP contribution is 2.26. The molecule has 5 nitrogen and oxygen atoms in total. The number of carbonyl (C=O) groups excluding carboxylic acids is 2. The Morgan fingerprint density at radius 2 is 1.45 bits per heavy atom. The Balaban J connectivity index is 1.65. The van der Waals surface area contributed by atoms with Gasteiger partial charge >= 0.3 is 0 Å². The molecule has 0 heterocycles. The summed E-state index contributed by atoms with van der Waals surface area (Å²) in [6.45, 7) is 1.73. The highest BCUT2D eigenvalue weighted by atomic mass is 35.5. The maximum absolute atomic E-state index is 13.0. The minimum absolute atomic E-state index is 0.000129. The molecule has 7 heteroatoms. The van der Waals surface area contributed by atoms with Crippen LogP contribution in [0.2, 0.25) is 10.0 Å². The SMILES string of the molecule is C/C(=N/NC(=O)CCC(=O)N(c1ccccc1)c1ccccc1)c1ccc(Cl)cc1Cl. The molecule has 0 saturated heterocycles. The fraction of sp³-hybridized carbons (Fsp3) is 0.125. The zero-order valence-electron chi connectivity index (χ0n) is 16.9. The fourth-order valence-electron chi connectivity index (χ4n) is 2.97. The van der Waals surface area contributed by atoms with E-state index in [9.17, 15) is 9.59 Å². The number of carbonyl (C=O) groups is 2. The molecular weight excluding hydrogens is 433 g/mol. The average Bonchev–Trinajstić information content (AvgIpc) is 2.77. The monoisotopic (exact) mass is 453 g/mol. The number of anilines is 2. The number of hydrazone groups is 1. The van der Waals surface area contributed by atoms with Gasteiger partial charge in [0.15, 0.2) is 0 Å². The van der Waals surface area contributed by atoms with Crippen molar-refractivity contribution in [2.45, 2.75) is 19.8 Å². The molecule has 3 rings (SSSR count). The van der Waals surface area contributed by atoms with Crippen LogP contribution in [0.15, 0.2) is 84.0 Å². The number of nitrogens with one attached hydrogen (secondary N) is 1. The Bertz CT molecular complexity index is 1050. The maximum Gasteiger partial charge on any atom is 0.240 e. The van der Waals surface area contributed by atoms with Gasteiger partial charge in [-0.15, -0.1) is 0 Å². The van der Waals surface area contributed by atoms with Crippen LogP contribution in [-0.4, -0.2) is 17.5 Å². The van der Waals surface area contributed by atoms with E-state index in [0.717, 1.165) is 11.4 Å². The molecule has 2 amide bonds. The number of nitrogens with zero attached hydrogens (tertiary/aromatic N) is 2. The average molecular weight is 454 g/mol. The maximum atomic E-state index is 13.0. The number of hydrogen-bond acceptors (Lipinski definition) is 3. The lowest BCUT2D eigenvalue weighted by Gasteiger charge is -2.23. The van der Waals surface area contributed by atoms with Gasteiger partial charge in [0.1, 0.15) is 0 Å². The highest BCUT2D eigenvalue weighted by molar-refractivity contribution is 6.37. The van der Waals surface area contributed by atoms with Gasteiger partial charge in [-0.25, -0.2) is 5.43 Å². The van der Waals surface area contributed by atoms with Crippen molar-refractivity contribution in [2.24, 2.45) is 5.10 Å². The Morgan fingerprint density at radius 1 is 0.871 bits per heavy atom. The van der Waals surface area contributed by atoms with Crippen LogP contribution in [0, 0.1) is 0 Å². The third-order valence-corrected chi connectivity index (χ3v) is 5.06. The summed E-state index contributed by atoms with van der Waals surface area (Å²) < 4.78 is 0. The van der Waals surface area contributed by atoms with Crippen molar-refractivity contribution in [1.82, 2.24) is 5.43 Å². The normalized spacial score (nSPS) is 11.1. The number of para-hydroxylation sites is 2. The summed E-state index contributed by atoms with van der Waals surface area (Å²) in [4.78, 5) is 26.8. The van der Waals surface area contributed by atoms with Crippen molar-refractivity contribution in [2.75, 3.05) is 4.90 Å². The molecule has 0 fully saturated rings.